The number of aromatic nitrogens is 4. The number of H-pyrrole nitrogens is 2. The average Bonchev–Trinajstić information content (AvgIpc) is 3.38. The molecular formula is C24H30N8O3. The van der Waals surface area contributed by atoms with Crippen LogP contribution in [0.5, 0.6) is 11.5 Å². The number of urea groups is 2. The lowest BCUT2D eigenvalue weighted by molar-refractivity contribution is 0.250. The first-order chi connectivity index (χ1) is 16.7. The average molecular weight is 479 g/mol. The molecule has 0 aliphatic heterocycles. The van der Waals surface area contributed by atoms with E-state index in [0.717, 1.165) is 11.0 Å². The van der Waals surface area contributed by atoms with Crippen LogP contribution in [0.1, 0.15) is 27.7 Å². The van der Waals surface area contributed by atoms with Crippen molar-refractivity contribution in [3.63, 3.8) is 0 Å². The lowest BCUT2D eigenvalue weighted by atomic mass is 10.2. The standard InChI is InChI=1S/C24H30N8O3/c1-13(2)11-25-23(33)31-21-27-17-7-5-15(9-19(17)29-21)35-16-6-8-18-20(10-16)30-22(28-18)32-24(34)26-12-14(3)4/h5-10,13-14H,11-12H2,1-4H3,(H3,25,27,29,31,33)(H3,26,28,30,32,34). The van der Waals surface area contributed by atoms with E-state index in [1.54, 1.807) is 12.1 Å². The van der Waals surface area contributed by atoms with Gasteiger partial charge in [-0.15, -0.1) is 0 Å². The van der Waals surface area contributed by atoms with Gasteiger partial charge in [0.2, 0.25) is 11.9 Å². The van der Waals surface area contributed by atoms with Gasteiger partial charge in [0, 0.05) is 25.2 Å². The highest BCUT2D eigenvalue weighted by molar-refractivity contribution is 5.91. The second-order valence-corrected chi connectivity index (χ2v) is 9.09. The fourth-order valence-electron chi connectivity index (χ4n) is 3.26. The van der Waals surface area contributed by atoms with E-state index in [1.165, 1.54) is 0 Å². The molecule has 2 aromatic heterocycles. The molecule has 11 heteroatoms. The van der Waals surface area contributed by atoms with Gasteiger partial charge in [0.25, 0.3) is 0 Å². The number of hydrogen-bond donors (Lipinski definition) is 6. The fourth-order valence-corrected chi connectivity index (χ4v) is 3.26. The molecule has 2 aromatic carbocycles. The number of hydrogen-bond acceptors (Lipinski definition) is 5. The first kappa shape index (κ1) is 23.9. The van der Waals surface area contributed by atoms with Crippen molar-refractivity contribution < 1.29 is 14.3 Å². The lowest BCUT2D eigenvalue weighted by Gasteiger charge is -2.07. The van der Waals surface area contributed by atoms with Crippen molar-refractivity contribution in [2.24, 2.45) is 11.8 Å². The Kier molecular flexibility index (Phi) is 7.04. The highest BCUT2D eigenvalue weighted by Gasteiger charge is 2.11. The summed E-state index contributed by atoms with van der Waals surface area (Å²) < 4.78 is 6.01. The van der Waals surface area contributed by atoms with Crippen molar-refractivity contribution in [3.8, 4) is 11.5 Å². The quantitative estimate of drug-likeness (QED) is 0.215. The summed E-state index contributed by atoms with van der Waals surface area (Å²) in [5, 5.41) is 11.0. The van der Waals surface area contributed by atoms with Gasteiger partial charge in [-0.2, -0.15) is 0 Å². The van der Waals surface area contributed by atoms with E-state index in [9.17, 15) is 9.59 Å². The minimum Gasteiger partial charge on any atom is -0.457 e. The van der Waals surface area contributed by atoms with Gasteiger partial charge in [0.05, 0.1) is 22.1 Å². The highest BCUT2D eigenvalue weighted by atomic mass is 16.5. The van der Waals surface area contributed by atoms with Gasteiger partial charge in [0.1, 0.15) is 11.5 Å². The Balaban J connectivity index is 1.42. The number of aromatic amines is 2. The summed E-state index contributed by atoms with van der Waals surface area (Å²) in [5.41, 5.74) is 2.85. The van der Waals surface area contributed by atoms with Crippen LogP contribution < -0.4 is 26.0 Å². The van der Waals surface area contributed by atoms with E-state index in [-0.39, 0.29) is 12.1 Å². The number of fused-ring (bicyclic) bond motifs is 2. The van der Waals surface area contributed by atoms with E-state index in [0.29, 0.717) is 59.4 Å². The topological polar surface area (TPSA) is 149 Å². The number of nitrogens with one attached hydrogen (secondary N) is 6. The van der Waals surface area contributed by atoms with Crippen molar-refractivity contribution in [1.82, 2.24) is 30.6 Å². The van der Waals surface area contributed by atoms with Crippen LogP contribution in [0.2, 0.25) is 0 Å². The molecule has 0 aliphatic rings. The van der Waals surface area contributed by atoms with Gasteiger partial charge in [-0.05, 0) is 36.1 Å². The van der Waals surface area contributed by atoms with E-state index in [1.807, 2.05) is 52.0 Å². The summed E-state index contributed by atoms with van der Waals surface area (Å²) in [6.07, 6.45) is 0. The first-order valence-corrected chi connectivity index (χ1v) is 11.5. The Morgan fingerprint density at radius 1 is 0.771 bits per heavy atom. The summed E-state index contributed by atoms with van der Waals surface area (Å²) >= 11 is 0. The van der Waals surface area contributed by atoms with Crippen LogP contribution in [0.3, 0.4) is 0 Å². The molecule has 0 spiro atoms. The number of carbonyl (C=O) groups excluding carboxylic acids is 2. The Morgan fingerprint density at radius 3 is 1.60 bits per heavy atom. The molecule has 0 bridgehead atoms. The maximum absolute atomic E-state index is 12.0. The van der Waals surface area contributed by atoms with Crippen LogP contribution in [0.25, 0.3) is 22.1 Å². The highest BCUT2D eigenvalue weighted by Crippen LogP contribution is 2.28. The molecule has 11 nitrogen and oxygen atoms in total. The number of nitrogens with zero attached hydrogens (tertiary/aromatic N) is 2. The number of imidazole rings is 2. The molecule has 0 unspecified atom stereocenters. The molecule has 4 amide bonds. The monoisotopic (exact) mass is 478 g/mol. The predicted molar refractivity (Wildman–Crippen MR) is 136 cm³/mol. The zero-order valence-corrected chi connectivity index (χ0v) is 20.2. The number of benzene rings is 2. The summed E-state index contributed by atoms with van der Waals surface area (Å²) in [7, 11) is 0. The lowest BCUT2D eigenvalue weighted by Crippen LogP contribution is -2.32. The molecule has 4 rings (SSSR count). The van der Waals surface area contributed by atoms with E-state index in [2.05, 4.69) is 41.2 Å². The molecule has 0 atom stereocenters. The number of ether oxygens (including phenoxy) is 1. The van der Waals surface area contributed by atoms with E-state index in [4.69, 9.17) is 4.74 Å². The second-order valence-electron chi connectivity index (χ2n) is 9.09. The van der Waals surface area contributed by atoms with Crippen LogP contribution in [-0.2, 0) is 0 Å². The van der Waals surface area contributed by atoms with Crippen LogP contribution >= 0.6 is 0 Å². The Hall–Kier alpha value is -4.28. The van der Waals surface area contributed by atoms with Gasteiger partial charge in [-0.3, -0.25) is 10.6 Å². The Morgan fingerprint density at radius 2 is 1.20 bits per heavy atom. The number of rotatable bonds is 8. The third-order valence-corrected chi connectivity index (χ3v) is 4.95. The van der Waals surface area contributed by atoms with E-state index < -0.39 is 0 Å². The van der Waals surface area contributed by atoms with Crippen molar-refractivity contribution in [2.45, 2.75) is 27.7 Å². The zero-order chi connectivity index (χ0) is 24.9. The fraction of sp³-hybridized carbons (Fsp3) is 0.333. The molecule has 0 saturated carbocycles. The molecule has 0 aliphatic carbocycles. The van der Waals surface area contributed by atoms with Gasteiger partial charge in [-0.1, -0.05) is 27.7 Å². The first-order valence-electron chi connectivity index (χ1n) is 11.5. The largest absolute Gasteiger partial charge is 0.457 e. The second kappa shape index (κ2) is 10.3. The summed E-state index contributed by atoms with van der Waals surface area (Å²) in [5.74, 6) is 2.62. The Labute approximate surface area is 202 Å². The van der Waals surface area contributed by atoms with Gasteiger partial charge in [-0.25, -0.2) is 19.6 Å². The molecule has 2 heterocycles. The van der Waals surface area contributed by atoms with Crippen LogP contribution in [0, 0.1) is 11.8 Å². The van der Waals surface area contributed by atoms with Crippen LogP contribution in [0.4, 0.5) is 21.5 Å². The molecule has 6 N–H and O–H groups in total. The zero-order valence-electron chi connectivity index (χ0n) is 20.2. The SMILES string of the molecule is CC(C)CNC(=O)Nc1nc2ccc(Oc3ccc4nc(NC(=O)NCC(C)C)[nH]c4c3)cc2[nH]1. The third kappa shape index (κ3) is 6.40. The number of amides is 4. The smallest absolute Gasteiger partial charge is 0.321 e. The Bertz CT molecular complexity index is 1240. The van der Waals surface area contributed by atoms with Crippen molar-refractivity contribution in [1.29, 1.82) is 0 Å². The van der Waals surface area contributed by atoms with Gasteiger partial charge < -0.3 is 25.3 Å². The van der Waals surface area contributed by atoms with Crippen LogP contribution in [-0.4, -0.2) is 45.1 Å². The van der Waals surface area contributed by atoms with Crippen molar-refractivity contribution in [2.75, 3.05) is 23.7 Å². The van der Waals surface area contributed by atoms with Gasteiger partial charge in [0.15, 0.2) is 0 Å². The van der Waals surface area contributed by atoms with Gasteiger partial charge >= 0.3 is 12.1 Å². The number of anilines is 2. The molecular weight excluding hydrogens is 448 g/mol. The molecule has 0 saturated heterocycles. The predicted octanol–water partition coefficient (Wildman–Crippen LogP) is 4.79. The minimum atomic E-state index is -0.312. The molecule has 4 aromatic rings. The molecule has 184 valence electrons. The summed E-state index contributed by atoms with van der Waals surface area (Å²) in [4.78, 5) is 38.9. The van der Waals surface area contributed by atoms with Crippen molar-refractivity contribution in [3.05, 3.63) is 36.4 Å². The molecule has 35 heavy (non-hydrogen) atoms. The van der Waals surface area contributed by atoms with Crippen molar-refractivity contribution >= 4 is 46.0 Å². The maximum Gasteiger partial charge on any atom is 0.321 e. The number of carbonyl (C=O) groups is 2. The molecule has 0 radical (unpaired) electrons. The normalized spacial score (nSPS) is 11.3. The third-order valence-electron chi connectivity index (χ3n) is 4.95. The van der Waals surface area contributed by atoms with Crippen LogP contribution in [0.15, 0.2) is 36.4 Å². The maximum atomic E-state index is 12.0. The summed E-state index contributed by atoms with van der Waals surface area (Å²) in [6, 6.07) is 10.2. The van der Waals surface area contributed by atoms with E-state index >= 15 is 0 Å². The minimum absolute atomic E-state index is 0.312. The summed E-state index contributed by atoms with van der Waals surface area (Å²) in [6.45, 7) is 9.25. The molecule has 0 fully saturated rings.